The third-order valence-corrected chi connectivity index (χ3v) is 3.19. The van der Waals surface area contributed by atoms with Gasteiger partial charge < -0.3 is 20.7 Å². The lowest BCUT2D eigenvalue weighted by atomic mass is 10.2. The third-order valence-electron chi connectivity index (χ3n) is 2.88. The van der Waals surface area contributed by atoms with Gasteiger partial charge >= 0.3 is 0 Å². The Bertz CT molecular complexity index is 440. The molecule has 1 rings (SSSR count). The number of hydrogen-bond donors (Lipinski definition) is 2. The molecule has 20 heavy (non-hydrogen) atoms. The van der Waals surface area contributed by atoms with Crippen LogP contribution in [0.1, 0.15) is 12.8 Å². The fraction of sp³-hybridized carbons (Fsp3) is 0.500. The molecule has 0 spiro atoms. The van der Waals surface area contributed by atoms with Gasteiger partial charge in [0.15, 0.2) is 0 Å². The summed E-state index contributed by atoms with van der Waals surface area (Å²) in [6.45, 7) is 2.34. The smallest absolute Gasteiger partial charge is 0.225 e. The van der Waals surface area contributed by atoms with Crippen LogP contribution in [0.5, 0.6) is 0 Å². The molecule has 0 aliphatic carbocycles. The maximum atomic E-state index is 11.8. The van der Waals surface area contributed by atoms with Crippen LogP contribution >= 0.6 is 11.6 Å². The van der Waals surface area contributed by atoms with Crippen molar-refractivity contribution in [3.63, 3.8) is 0 Å². The Kier molecular flexibility index (Phi) is 7.36. The topological polar surface area (TPSA) is 67.6 Å². The molecule has 0 unspecified atom stereocenters. The van der Waals surface area contributed by atoms with Crippen molar-refractivity contribution in [2.24, 2.45) is 0 Å². The number of nitrogens with two attached hydrogens (primary N) is 1. The first kappa shape index (κ1) is 16.8. The number of halogens is 1. The molecule has 0 radical (unpaired) electrons. The van der Waals surface area contributed by atoms with E-state index in [0.717, 1.165) is 19.6 Å². The van der Waals surface area contributed by atoms with Crippen LogP contribution in [0.15, 0.2) is 18.2 Å². The largest absolute Gasteiger partial charge is 0.399 e. The van der Waals surface area contributed by atoms with Crippen molar-refractivity contribution >= 4 is 28.9 Å². The van der Waals surface area contributed by atoms with Gasteiger partial charge in [0.2, 0.25) is 5.91 Å². The molecular weight excluding hydrogens is 278 g/mol. The number of nitrogen functional groups attached to an aromatic ring is 1. The van der Waals surface area contributed by atoms with Gasteiger partial charge in [-0.1, -0.05) is 11.6 Å². The number of hydrogen-bond acceptors (Lipinski definition) is 4. The van der Waals surface area contributed by atoms with Gasteiger partial charge in [0, 0.05) is 38.9 Å². The highest BCUT2D eigenvalue weighted by Crippen LogP contribution is 2.24. The van der Waals surface area contributed by atoms with E-state index in [9.17, 15) is 4.79 Å². The summed E-state index contributed by atoms with van der Waals surface area (Å²) in [5, 5.41) is 3.23. The van der Waals surface area contributed by atoms with Gasteiger partial charge in [-0.25, -0.2) is 0 Å². The van der Waals surface area contributed by atoms with Crippen molar-refractivity contribution in [1.82, 2.24) is 4.90 Å². The SMILES string of the molecule is COCCCN(C)CCC(=O)Nc1ccc(N)cc1Cl. The van der Waals surface area contributed by atoms with Gasteiger partial charge in [-0.3, -0.25) is 4.79 Å². The summed E-state index contributed by atoms with van der Waals surface area (Å²) < 4.78 is 4.99. The molecule has 0 bridgehead atoms. The predicted molar refractivity (Wildman–Crippen MR) is 83.1 cm³/mol. The van der Waals surface area contributed by atoms with E-state index in [1.165, 1.54) is 0 Å². The third kappa shape index (κ3) is 6.23. The normalized spacial score (nSPS) is 10.8. The minimum atomic E-state index is -0.0599. The highest BCUT2D eigenvalue weighted by Gasteiger charge is 2.07. The number of amides is 1. The summed E-state index contributed by atoms with van der Waals surface area (Å²) in [6, 6.07) is 5.03. The van der Waals surface area contributed by atoms with Gasteiger partial charge in [-0.15, -0.1) is 0 Å². The molecule has 1 aromatic carbocycles. The molecule has 0 saturated heterocycles. The fourth-order valence-electron chi connectivity index (χ4n) is 1.73. The van der Waals surface area contributed by atoms with Crippen LogP contribution in [0, 0.1) is 0 Å². The van der Waals surface area contributed by atoms with E-state index in [0.29, 0.717) is 29.4 Å². The summed E-state index contributed by atoms with van der Waals surface area (Å²) in [4.78, 5) is 13.9. The second kappa shape index (κ2) is 8.79. The van der Waals surface area contributed by atoms with Gasteiger partial charge in [-0.05, 0) is 31.7 Å². The quantitative estimate of drug-likeness (QED) is 0.570. The molecule has 6 heteroatoms. The molecule has 0 fully saturated rings. The van der Waals surface area contributed by atoms with Gasteiger partial charge in [0.25, 0.3) is 0 Å². The van der Waals surface area contributed by atoms with E-state index in [1.54, 1.807) is 25.3 Å². The maximum absolute atomic E-state index is 11.8. The summed E-state index contributed by atoms with van der Waals surface area (Å²) in [7, 11) is 3.67. The lowest BCUT2D eigenvalue weighted by molar-refractivity contribution is -0.116. The van der Waals surface area contributed by atoms with Crippen LogP contribution in [0.4, 0.5) is 11.4 Å². The molecule has 5 nitrogen and oxygen atoms in total. The number of rotatable bonds is 8. The highest BCUT2D eigenvalue weighted by atomic mass is 35.5. The second-order valence-corrected chi connectivity index (χ2v) is 5.09. The Morgan fingerprint density at radius 1 is 1.45 bits per heavy atom. The zero-order valence-corrected chi connectivity index (χ0v) is 12.7. The molecule has 0 aliphatic heterocycles. The molecule has 0 saturated carbocycles. The van der Waals surface area contributed by atoms with E-state index in [2.05, 4.69) is 10.2 Å². The first-order chi connectivity index (χ1) is 9.52. The molecule has 3 N–H and O–H groups in total. The van der Waals surface area contributed by atoms with E-state index in [1.807, 2.05) is 7.05 Å². The molecule has 0 aromatic heterocycles. The minimum absolute atomic E-state index is 0.0599. The number of nitrogens with zero attached hydrogens (tertiary/aromatic N) is 1. The van der Waals surface area contributed by atoms with E-state index >= 15 is 0 Å². The lowest BCUT2D eigenvalue weighted by Gasteiger charge is -2.16. The second-order valence-electron chi connectivity index (χ2n) is 4.69. The van der Waals surface area contributed by atoms with Crippen LogP contribution in [-0.2, 0) is 9.53 Å². The zero-order chi connectivity index (χ0) is 15.0. The summed E-state index contributed by atoms with van der Waals surface area (Å²) in [5.41, 5.74) is 6.77. The average Bonchev–Trinajstić information content (AvgIpc) is 2.40. The molecule has 0 aliphatic rings. The Morgan fingerprint density at radius 2 is 2.20 bits per heavy atom. The van der Waals surface area contributed by atoms with Crippen molar-refractivity contribution in [2.45, 2.75) is 12.8 Å². The number of carbonyl (C=O) groups is 1. The number of carbonyl (C=O) groups excluding carboxylic acids is 1. The Labute approximate surface area is 125 Å². The van der Waals surface area contributed by atoms with Crippen LogP contribution in [0.25, 0.3) is 0 Å². The van der Waals surface area contributed by atoms with Crippen molar-refractivity contribution in [2.75, 3.05) is 44.9 Å². The fourth-order valence-corrected chi connectivity index (χ4v) is 1.96. The highest BCUT2D eigenvalue weighted by molar-refractivity contribution is 6.34. The first-order valence-electron chi connectivity index (χ1n) is 6.55. The number of ether oxygens (including phenoxy) is 1. The van der Waals surface area contributed by atoms with Gasteiger partial charge in [-0.2, -0.15) is 0 Å². The molecular formula is C14H22ClN3O2. The summed E-state index contributed by atoms with van der Waals surface area (Å²) in [6.07, 6.45) is 1.38. The molecule has 0 heterocycles. The van der Waals surface area contributed by atoms with Crippen LogP contribution in [0.2, 0.25) is 5.02 Å². The molecule has 112 valence electrons. The molecule has 1 amide bonds. The monoisotopic (exact) mass is 299 g/mol. The zero-order valence-electron chi connectivity index (χ0n) is 12.0. The van der Waals surface area contributed by atoms with Crippen LogP contribution in [-0.4, -0.2) is 44.7 Å². The van der Waals surface area contributed by atoms with Crippen molar-refractivity contribution < 1.29 is 9.53 Å². The van der Waals surface area contributed by atoms with Crippen molar-refractivity contribution in [3.8, 4) is 0 Å². The van der Waals surface area contributed by atoms with Crippen LogP contribution < -0.4 is 11.1 Å². The minimum Gasteiger partial charge on any atom is -0.399 e. The van der Waals surface area contributed by atoms with Gasteiger partial charge in [0.05, 0.1) is 10.7 Å². The van der Waals surface area contributed by atoms with Crippen molar-refractivity contribution in [1.29, 1.82) is 0 Å². The van der Waals surface area contributed by atoms with E-state index in [4.69, 9.17) is 22.1 Å². The Balaban J connectivity index is 2.33. The van der Waals surface area contributed by atoms with Crippen LogP contribution in [0.3, 0.4) is 0 Å². The summed E-state index contributed by atoms with van der Waals surface area (Å²) >= 11 is 6.00. The first-order valence-corrected chi connectivity index (χ1v) is 6.93. The van der Waals surface area contributed by atoms with E-state index < -0.39 is 0 Å². The predicted octanol–water partition coefficient (Wildman–Crippen LogP) is 2.22. The van der Waals surface area contributed by atoms with Crippen molar-refractivity contribution in [3.05, 3.63) is 23.2 Å². The van der Waals surface area contributed by atoms with Gasteiger partial charge in [0.1, 0.15) is 0 Å². The molecule has 1 aromatic rings. The Hall–Kier alpha value is -1.30. The number of methoxy groups -OCH3 is 1. The molecule has 0 atom stereocenters. The number of benzene rings is 1. The maximum Gasteiger partial charge on any atom is 0.225 e. The summed E-state index contributed by atoms with van der Waals surface area (Å²) in [5.74, 6) is -0.0599. The van der Waals surface area contributed by atoms with E-state index in [-0.39, 0.29) is 5.91 Å². The lowest BCUT2D eigenvalue weighted by Crippen LogP contribution is -2.25. The number of anilines is 2. The standard InChI is InChI=1S/C14H22ClN3O2/c1-18(7-3-9-20-2)8-6-14(19)17-13-5-4-11(16)10-12(13)15/h4-5,10H,3,6-9,16H2,1-2H3,(H,17,19). The Morgan fingerprint density at radius 3 is 2.85 bits per heavy atom. The number of nitrogens with one attached hydrogen (secondary N) is 1. The average molecular weight is 300 g/mol.